The molecule has 0 bridgehead atoms. The Balaban J connectivity index is 1.42. The molecule has 0 spiro atoms. The number of nitrogens with zero attached hydrogens (tertiary/aromatic N) is 2. The van der Waals surface area contributed by atoms with Gasteiger partial charge in [-0.05, 0) is 49.4 Å². The summed E-state index contributed by atoms with van der Waals surface area (Å²) in [7, 11) is 0. The van der Waals surface area contributed by atoms with Crippen molar-refractivity contribution in [1.29, 1.82) is 5.26 Å². The molecule has 2 aliphatic rings. The van der Waals surface area contributed by atoms with Gasteiger partial charge in [0, 0.05) is 35.7 Å². The normalized spacial score (nSPS) is 22.1. The van der Waals surface area contributed by atoms with Crippen LogP contribution in [0.1, 0.15) is 54.1 Å². The summed E-state index contributed by atoms with van der Waals surface area (Å²) in [4.78, 5) is 44.1. The number of amides is 2. The van der Waals surface area contributed by atoms with Gasteiger partial charge < -0.3 is 25.0 Å². The summed E-state index contributed by atoms with van der Waals surface area (Å²) in [5.41, 5.74) is 1.46. The molecule has 3 aromatic rings. The molecule has 3 N–H and O–H groups in total. The van der Waals surface area contributed by atoms with Gasteiger partial charge in [0.1, 0.15) is 23.3 Å². The maximum atomic E-state index is 13.8. The fourth-order valence-corrected chi connectivity index (χ4v) is 5.95. The Kier molecular flexibility index (Phi) is 8.31. The number of aromatic amines is 1. The summed E-state index contributed by atoms with van der Waals surface area (Å²) in [5.74, 6) is -1.61. The Morgan fingerprint density at radius 1 is 1.20 bits per heavy atom. The van der Waals surface area contributed by atoms with Crippen molar-refractivity contribution in [2.24, 2.45) is 5.92 Å². The van der Waals surface area contributed by atoms with E-state index in [1.165, 1.54) is 23.1 Å². The molecule has 0 radical (unpaired) electrons. The minimum Gasteiger partial charge on any atom is -0.434 e. The van der Waals surface area contributed by atoms with Gasteiger partial charge in [0.2, 0.25) is 5.91 Å². The molecule has 1 saturated heterocycles. The quantitative estimate of drug-likeness (QED) is 0.338. The molecule has 41 heavy (non-hydrogen) atoms. The van der Waals surface area contributed by atoms with Gasteiger partial charge in [-0.1, -0.05) is 36.4 Å². The van der Waals surface area contributed by atoms with Crippen LogP contribution in [0.25, 0.3) is 10.9 Å². The van der Waals surface area contributed by atoms with E-state index in [0.717, 1.165) is 12.0 Å². The van der Waals surface area contributed by atoms with Crippen LogP contribution in [0.4, 0.5) is 8.78 Å². The molecule has 1 unspecified atom stereocenters. The van der Waals surface area contributed by atoms with Gasteiger partial charge >= 0.3 is 6.61 Å². The van der Waals surface area contributed by atoms with E-state index < -0.39 is 36.6 Å². The Labute approximate surface area is 235 Å². The summed E-state index contributed by atoms with van der Waals surface area (Å²) in [6.45, 7) is -2.83. The molecule has 2 amide bonds. The predicted molar refractivity (Wildman–Crippen MR) is 144 cm³/mol. The Bertz CT molecular complexity index is 1470. The van der Waals surface area contributed by atoms with Gasteiger partial charge in [0.15, 0.2) is 6.10 Å². The number of Topliss-reactive ketones (excluding diaryl/α,β-unsaturated/α-hetero) is 1. The lowest BCUT2D eigenvalue weighted by atomic mass is 9.93. The van der Waals surface area contributed by atoms with E-state index >= 15 is 0 Å². The van der Waals surface area contributed by atoms with Crippen molar-refractivity contribution >= 4 is 28.5 Å². The van der Waals surface area contributed by atoms with E-state index in [9.17, 15) is 33.5 Å². The van der Waals surface area contributed by atoms with E-state index in [1.807, 2.05) is 30.3 Å². The second-order valence-corrected chi connectivity index (χ2v) is 10.6. The molecule has 9 nitrogen and oxygen atoms in total. The first-order valence-corrected chi connectivity index (χ1v) is 13.6. The maximum Gasteiger partial charge on any atom is 0.387 e. The number of carbonyl (C=O) groups excluding carboxylic acids is 3. The van der Waals surface area contributed by atoms with Crippen LogP contribution < -0.4 is 10.1 Å². The first kappa shape index (κ1) is 28.2. The number of hydrogen-bond donors (Lipinski definition) is 3. The van der Waals surface area contributed by atoms with Gasteiger partial charge in [-0.2, -0.15) is 14.0 Å². The molecule has 1 aromatic heterocycles. The van der Waals surface area contributed by atoms with Gasteiger partial charge in [-0.3, -0.25) is 14.4 Å². The largest absolute Gasteiger partial charge is 0.434 e. The zero-order valence-corrected chi connectivity index (χ0v) is 22.1. The standard InChI is InChI=1S/C30H30F2N4O5/c31-30(32)41-27-11-5-9-21-20(27)14-23(34-21)29(40)36-16-19(17-6-2-1-3-7-17)13-24(36)28(39)35-22(26(38)15-33)12-18-8-4-10-25(18)37/h1-3,5-7,9,11,14,18-19,22,24,26,30,34,38H,4,8,10,12-13,16H2,(H,35,39)/t18-,19+,22-,24-,26?/m0/s1. The third-order valence-corrected chi connectivity index (χ3v) is 8.02. The van der Waals surface area contributed by atoms with Crippen molar-refractivity contribution in [3.8, 4) is 11.8 Å². The average Bonchev–Trinajstić information content (AvgIpc) is 3.71. The Hall–Kier alpha value is -4.30. The highest BCUT2D eigenvalue weighted by Crippen LogP contribution is 2.35. The van der Waals surface area contributed by atoms with Gasteiger partial charge in [0.05, 0.1) is 12.1 Å². The molecule has 11 heteroatoms. The number of nitrogens with one attached hydrogen (secondary N) is 2. The number of rotatable bonds is 9. The lowest BCUT2D eigenvalue weighted by Gasteiger charge is -2.28. The number of fused-ring (bicyclic) bond motifs is 1. The summed E-state index contributed by atoms with van der Waals surface area (Å²) in [5, 5.41) is 22.8. The van der Waals surface area contributed by atoms with Crippen molar-refractivity contribution in [1.82, 2.24) is 15.2 Å². The van der Waals surface area contributed by atoms with E-state index in [1.54, 1.807) is 12.1 Å². The summed E-state index contributed by atoms with van der Waals surface area (Å²) >= 11 is 0. The fraction of sp³-hybridized carbons (Fsp3) is 0.400. The lowest BCUT2D eigenvalue weighted by molar-refractivity contribution is -0.127. The highest BCUT2D eigenvalue weighted by molar-refractivity contribution is 6.02. The van der Waals surface area contributed by atoms with Crippen molar-refractivity contribution in [3.63, 3.8) is 0 Å². The van der Waals surface area contributed by atoms with Crippen LogP contribution in [0.3, 0.4) is 0 Å². The third-order valence-electron chi connectivity index (χ3n) is 8.02. The smallest absolute Gasteiger partial charge is 0.387 e. The number of hydrogen-bond acceptors (Lipinski definition) is 6. The molecule has 5 atom stereocenters. The zero-order chi connectivity index (χ0) is 29.1. The third kappa shape index (κ3) is 6.07. The van der Waals surface area contributed by atoms with Crippen LogP contribution in [0.2, 0.25) is 0 Å². The molecule has 2 fully saturated rings. The number of aliphatic hydroxyl groups is 1. The number of H-pyrrole nitrogens is 1. The van der Waals surface area contributed by atoms with E-state index in [4.69, 9.17) is 0 Å². The molecule has 1 saturated carbocycles. The van der Waals surface area contributed by atoms with E-state index in [0.29, 0.717) is 30.2 Å². The number of carbonyl (C=O) groups is 3. The first-order valence-electron chi connectivity index (χ1n) is 13.6. The number of nitriles is 1. The minimum atomic E-state index is -3.04. The van der Waals surface area contributed by atoms with Crippen LogP contribution >= 0.6 is 0 Å². The number of likely N-dealkylation sites (tertiary alicyclic amines) is 1. The molecule has 2 heterocycles. The number of aliphatic hydroxyl groups excluding tert-OH is 1. The number of ketones is 1. The van der Waals surface area contributed by atoms with Crippen LogP contribution in [0.5, 0.6) is 5.75 Å². The highest BCUT2D eigenvalue weighted by Gasteiger charge is 2.42. The number of benzene rings is 2. The lowest BCUT2D eigenvalue weighted by Crippen LogP contribution is -2.52. The average molecular weight is 565 g/mol. The van der Waals surface area contributed by atoms with Gasteiger partial charge in [0.25, 0.3) is 5.91 Å². The zero-order valence-electron chi connectivity index (χ0n) is 22.1. The van der Waals surface area contributed by atoms with Crippen molar-refractivity contribution < 1.29 is 33.0 Å². The fourth-order valence-electron chi connectivity index (χ4n) is 5.95. The predicted octanol–water partition coefficient (Wildman–Crippen LogP) is 3.90. The monoisotopic (exact) mass is 564 g/mol. The molecule has 1 aliphatic heterocycles. The van der Waals surface area contributed by atoms with Gasteiger partial charge in [-0.25, -0.2) is 0 Å². The van der Waals surface area contributed by atoms with Crippen molar-refractivity contribution in [2.75, 3.05) is 6.54 Å². The SMILES string of the molecule is N#CC(O)[C@H](C[C@@H]1CCCC1=O)NC(=O)[C@@H]1C[C@@H](c2ccccc2)CN1C(=O)c1cc2c(OC(F)F)cccc2[nH]1. The molecule has 214 valence electrons. The maximum absolute atomic E-state index is 13.8. The second kappa shape index (κ2) is 12.1. The Morgan fingerprint density at radius 2 is 1.98 bits per heavy atom. The molecule has 2 aromatic carbocycles. The number of halogens is 2. The van der Waals surface area contributed by atoms with Gasteiger partial charge in [-0.15, -0.1) is 0 Å². The molecule has 5 rings (SSSR count). The summed E-state index contributed by atoms with van der Waals surface area (Å²) in [6, 6.07) is 15.2. The molecule has 1 aliphatic carbocycles. The van der Waals surface area contributed by atoms with Crippen LogP contribution in [0, 0.1) is 17.2 Å². The second-order valence-electron chi connectivity index (χ2n) is 10.6. The summed E-state index contributed by atoms with van der Waals surface area (Å²) in [6.07, 6.45) is 0.698. The number of alkyl halides is 2. The van der Waals surface area contributed by atoms with Crippen LogP contribution in [-0.4, -0.2) is 63.9 Å². The van der Waals surface area contributed by atoms with Crippen molar-refractivity contribution in [3.05, 3.63) is 65.9 Å². The molecular formula is C30H30F2N4O5. The number of ether oxygens (including phenoxy) is 1. The van der Waals surface area contributed by atoms with E-state index in [2.05, 4.69) is 15.0 Å². The van der Waals surface area contributed by atoms with E-state index in [-0.39, 0.29) is 42.0 Å². The Morgan fingerprint density at radius 3 is 2.66 bits per heavy atom. The topological polar surface area (TPSA) is 136 Å². The van der Waals surface area contributed by atoms with Crippen LogP contribution in [-0.2, 0) is 9.59 Å². The summed E-state index contributed by atoms with van der Waals surface area (Å²) < 4.78 is 30.5. The first-order chi connectivity index (χ1) is 19.7. The minimum absolute atomic E-state index is 0.0465. The number of aromatic nitrogens is 1. The molecular weight excluding hydrogens is 534 g/mol. The highest BCUT2D eigenvalue weighted by atomic mass is 19.3. The van der Waals surface area contributed by atoms with Crippen molar-refractivity contribution in [2.45, 2.75) is 62.8 Å². The van der Waals surface area contributed by atoms with Crippen LogP contribution in [0.15, 0.2) is 54.6 Å².